The first-order valence-corrected chi connectivity index (χ1v) is 20.9. The van der Waals surface area contributed by atoms with E-state index in [2.05, 4.69) is 19.8 Å². The van der Waals surface area contributed by atoms with Crippen molar-refractivity contribution < 1.29 is 46.5 Å². The molecule has 63 heavy (non-hydrogen) atoms. The Kier molecular flexibility index (Phi) is 15.9. The first kappa shape index (κ1) is 46.2. The number of amides is 1. The van der Waals surface area contributed by atoms with Crippen LogP contribution in [0.15, 0.2) is 85.5 Å². The van der Waals surface area contributed by atoms with Gasteiger partial charge in [0.15, 0.2) is 17.6 Å². The molecule has 0 aliphatic carbocycles. The number of rotatable bonds is 16. The number of likely N-dealkylation sites (N-methyl/N-ethyl adjacent to an activating group) is 1. The van der Waals surface area contributed by atoms with Crippen molar-refractivity contribution in [2.45, 2.75) is 55.3 Å². The standard InChI is InChI=1S/C45H44F3N7O7S/c1-30(63-36-25-60-43(61-26-36)7-5-4-6-32-9-8-31(23-49)20-39(32)47)45(27-55-29-51-28-52-55,38-13-11-34(46)21-40(38)48)62-44(58)37-22-35(50-2)12-10-33(37)24-59-42(57)15-14-41(56)54-18-16-53(3)17-19-54/h4-13,20-22,28-30,36,43H,14-19,24-27H2,1,3H3/b6-4+,7-5+/t30-,36?,43?,45-/m1/s1. The van der Waals surface area contributed by atoms with Crippen molar-refractivity contribution in [1.82, 2.24) is 24.6 Å². The van der Waals surface area contributed by atoms with Gasteiger partial charge in [0.05, 0.1) is 55.2 Å². The van der Waals surface area contributed by atoms with Crippen LogP contribution in [0.3, 0.4) is 0 Å². The van der Waals surface area contributed by atoms with E-state index < -0.39 is 53.1 Å². The SMILES string of the molecule is [C-]#[N+]c1ccc(COC(=O)CCC(=O)N2CCN(C)CC2)c(C(=O)O[C@@](Cn2cncn2)(c2ccc(F)cc2F)[C@@H](C)SC2COC(/C=C/C=C/c3ccc(C#N)cc3F)OC2)c1. The lowest BCUT2D eigenvalue weighted by atomic mass is 9.89. The molecule has 0 N–H and O–H groups in total. The van der Waals surface area contributed by atoms with Gasteiger partial charge < -0.3 is 28.7 Å². The van der Waals surface area contributed by atoms with Gasteiger partial charge in [-0.25, -0.2) is 32.5 Å². The smallest absolute Gasteiger partial charge is 0.338 e. The summed E-state index contributed by atoms with van der Waals surface area (Å²) in [5, 5.41) is 12.0. The van der Waals surface area contributed by atoms with Crippen LogP contribution in [0.25, 0.3) is 10.9 Å². The highest BCUT2D eigenvalue weighted by Crippen LogP contribution is 2.43. The minimum absolute atomic E-state index is 0.0488. The van der Waals surface area contributed by atoms with Crippen molar-refractivity contribution in [2.24, 2.45) is 0 Å². The molecule has 0 radical (unpaired) electrons. The lowest BCUT2D eigenvalue weighted by Gasteiger charge is -2.40. The van der Waals surface area contributed by atoms with Crippen LogP contribution in [0.4, 0.5) is 18.9 Å². The summed E-state index contributed by atoms with van der Waals surface area (Å²) < 4.78 is 70.0. The molecule has 1 aromatic heterocycles. The van der Waals surface area contributed by atoms with E-state index in [0.717, 1.165) is 25.2 Å². The number of piperazine rings is 1. The van der Waals surface area contributed by atoms with Crippen LogP contribution >= 0.6 is 11.8 Å². The molecule has 2 aliphatic rings. The summed E-state index contributed by atoms with van der Waals surface area (Å²) in [6.07, 6.45) is 8.03. The van der Waals surface area contributed by atoms with Gasteiger partial charge >= 0.3 is 11.9 Å². The molecular weight excluding hydrogens is 840 g/mol. The number of nitrogens with zero attached hydrogens (tertiary/aromatic N) is 7. The fourth-order valence-electron chi connectivity index (χ4n) is 6.95. The molecule has 0 spiro atoms. The number of ether oxygens (including phenoxy) is 4. The number of thioether (sulfide) groups is 1. The van der Waals surface area contributed by atoms with E-state index in [-0.39, 0.29) is 71.7 Å². The summed E-state index contributed by atoms with van der Waals surface area (Å²) in [5.74, 6) is -4.23. The van der Waals surface area contributed by atoms with Crippen molar-refractivity contribution >= 4 is 41.4 Å². The molecule has 18 heteroatoms. The number of nitriles is 1. The molecule has 14 nitrogen and oxygen atoms in total. The van der Waals surface area contributed by atoms with Gasteiger partial charge in [-0.2, -0.15) is 10.4 Å². The Morgan fingerprint density at radius 3 is 2.49 bits per heavy atom. The van der Waals surface area contributed by atoms with Crippen molar-refractivity contribution in [2.75, 3.05) is 46.4 Å². The van der Waals surface area contributed by atoms with Gasteiger partial charge in [0.25, 0.3) is 0 Å². The van der Waals surface area contributed by atoms with Crippen molar-refractivity contribution in [1.29, 1.82) is 5.26 Å². The number of allylic oxidation sites excluding steroid dienone is 2. The van der Waals surface area contributed by atoms with Crippen LogP contribution in [0.2, 0.25) is 0 Å². The van der Waals surface area contributed by atoms with Crippen LogP contribution in [0.5, 0.6) is 0 Å². The van der Waals surface area contributed by atoms with Crippen molar-refractivity contribution in [3.63, 3.8) is 0 Å². The normalized spacial score (nSPS) is 18.4. The zero-order valence-electron chi connectivity index (χ0n) is 34.5. The molecule has 2 aliphatic heterocycles. The second-order valence-corrected chi connectivity index (χ2v) is 16.5. The average molecular weight is 884 g/mol. The fourth-order valence-corrected chi connectivity index (χ4v) is 8.31. The molecule has 3 aromatic carbocycles. The van der Waals surface area contributed by atoms with E-state index >= 15 is 4.39 Å². The average Bonchev–Trinajstić information content (AvgIpc) is 3.80. The maximum absolute atomic E-state index is 16.1. The third kappa shape index (κ3) is 12.2. The van der Waals surface area contributed by atoms with Crippen molar-refractivity contribution in [3.05, 3.63) is 142 Å². The van der Waals surface area contributed by atoms with Crippen LogP contribution in [0.1, 0.15) is 52.4 Å². The van der Waals surface area contributed by atoms with Crippen molar-refractivity contribution in [3.8, 4) is 6.07 Å². The maximum atomic E-state index is 16.1. The number of hydrogen-bond donors (Lipinski definition) is 0. The predicted molar refractivity (Wildman–Crippen MR) is 225 cm³/mol. The van der Waals surface area contributed by atoms with Crippen LogP contribution in [-0.4, -0.2) is 106 Å². The first-order valence-electron chi connectivity index (χ1n) is 19.9. The van der Waals surface area contributed by atoms with E-state index in [9.17, 15) is 23.2 Å². The predicted octanol–water partition coefficient (Wildman–Crippen LogP) is 6.60. The molecule has 1 amide bonds. The maximum Gasteiger partial charge on any atom is 0.338 e. The molecule has 0 unspecified atom stereocenters. The second kappa shape index (κ2) is 21.7. The van der Waals surface area contributed by atoms with E-state index in [1.807, 2.05) is 13.1 Å². The Labute approximate surface area is 366 Å². The lowest BCUT2D eigenvalue weighted by Crippen LogP contribution is -2.47. The Bertz CT molecular complexity index is 2410. The monoisotopic (exact) mass is 883 g/mol. The summed E-state index contributed by atoms with van der Waals surface area (Å²) in [4.78, 5) is 51.4. The quantitative estimate of drug-likeness (QED) is 0.0677. The summed E-state index contributed by atoms with van der Waals surface area (Å²) in [6.45, 7) is 11.5. The van der Waals surface area contributed by atoms with Crippen LogP contribution < -0.4 is 0 Å². The summed E-state index contributed by atoms with van der Waals surface area (Å²) in [6, 6.07) is 13.1. The highest BCUT2D eigenvalue weighted by Gasteiger charge is 2.47. The highest BCUT2D eigenvalue weighted by atomic mass is 32.2. The number of carbonyl (C=O) groups is 3. The largest absolute Gasteiger partial charge is 0.461 e. The number of esters is 2. The number of aromatic nitrogens is 3. The fraction of sp³-hybridized carbons (Fsp3) is 0.356. The number of carbonyl (C=O) groups excluding carboxylic acids is 3. The topological polar surface area (TPSA) is 153 Å². The Morgan fingerprint density at radius 2 is 1.81 bits per heavy atom. The Balaban J connectivity index is 1.19. The number of halogens is 3. The molecular formula is C45H44F3N7O7S. The van der Waals surface area contributed by atoms with Gasteiger partial charge in [-0.3, -0.25) is 9.59 Å². The molecule has 6 rings (SSSR count). The summed E-state index contributed by atoms with van der Waals surface area (Å²) >= 11 is 1.27. The zero-order valence-corrected chi connectivity index (χ0v) is 35.3. The van der Waals surface area contributed by atoms with E-state index in [1.165, 1.54) is 71.6 Å². The van der Waals surface area contributed by atoms with E-state index in [4.69, 9.17) is 30.8 Å². The molecule has 2 saturated heterocycles. The van der Waals surface area contributed by atoms with Gasteiger partial charge in [-0.1, -0.05) is 36.4 Å². The van der Waals surface area contributed by atoms with E-state index in [0.29, 0.717) is 24.7 Å². The minimum atomic E-state index is -1.92. The van der Waals surface area contributed by atoms with Gasteiger partial charge in [0.1, 0.15) is 36.7 Å². The van der Waals surface area contributed by atoms with Gasteiger partial charge in [0, 0.05) is 60.6 Å². The molecule has 2 atom stereocenters. The van der Waals surface area contributed by atoms with Crippen LogP contribution in [0, 0.1) is 35.4 Å². The third-order valence-electron chi connectivity index (χ3n) is 10.5. The zero-order chi connectivity index (χ0) is 44.9. The second-order valence-electron chi connectivity index (χ2n) is 14.8. The number of benzene rings is 3. The highest BCUT2D eigenvalue weighted by molar-refractivity contribution is 8.00. The van der Waals surface area contributed by atoms with E-state index in [1.54, 1.807) is 30.1 Å². The molecule has 3 heterocycles. The third-order valence-corrected chi connectivity index (χ3v) is 11.9. The van der Waals surface area contributed by atoms with Gasteiger partial charge in [-0.15, -0.1) is 11.8 Å². The van der Waals surface area contributed by atoms with Gasteiger partial charge in [-0.05, 0) is 50.4 Å². The molecule has 2 fully saturated rings. The molecule has 0 saturated carbocycles. The Morgan fingerprint density at radius 1 is 1.03 bits per heavy atom. The molecule has 328 valence electrons. The molecule has 4 aromatic rings. The van der Waals surface area contributed by atoms with Crippen LogP contribution in [-0.2, 0) is 47.3 Å². The first-order chi connectivity index (χ1) is 30.4. The lowest BCUT2D eigenvalue weighted by molar-refractivity contribution is -0.147. The molecule has 0 bridgehead atoms. The van der Waals surface area contributed by atoms with Gasteiger partial charge in [0.2, 0.25) is 5.91 Å². The Hall–Kier alpha value is -6.31. The summed E-state index contributed by atoms with van der Waals surface area (Å²) in [7, 11) is 1.97. The summed E-state index contributed by atoms with van der Waals surface area (Å²) in [5.41, 5.74) is -1.46. The minimum Gasteiger partial charge on any atom is -0.461 e. The number of hydrogen-bond acceptors (Lipinski definition) is 12.